The highest BCUT2D eigenvalue weighted by Crippen LogP contribution is 2.29. The number of nitrogens with zero attached hydrogens (tertiary/aromatic N) is 1. The Kier molecular flexibility index (Phi) is 4.30. The van der Waals surface area contributed by atoms with Crippen molar-refractivity contribution >= 4 is 28.8 Å². The summed E-state index contributed by atoms with van der Waals surface area (Å²) in [4.78, 5) is 2.80. The summed E-state index contributed by atoms with van der Waals surface area (Å²) in [5.41, 5.74) is 0.906. The predicted octanol–water partition coefficient (Wildman–Crippen LogP) is 2.69. The number of hydrogen-bond donors (Lipinski definition) is 0. The Hall–Kier alpha value is -1.00. The summed E-state index contributed by atoms with van der Waals surface area (Å²) in [6, 6.07) is 5.70. The molecule has 1 aromatic rings. The van der Waals surface area contributed by atoms with Crippen molar-refractivity contribution < 1.29 is 9.47 Å². The van der Waals surface area contributed by atoms with E-state index >= 15 is 0 Å². The van der Waals surface area contributed by atoms with Gasteiger partial charge in [0.2, 0.25) is 0 Å². The molecule has 3 nitrogen and oxygen atoms in total. The molecular weight excluding hydrogens is 270 g/mol. The number of alkyl halides is 1. The Morgan fingerprint density at radius 3 is 3.00 bits per heavy atom. The first-order chi connectivity index (χ1) is 8.65. The molecule has 1 aromatic carbocycles. The Bertz CT molecular complexity index is 453. The molecule has 98 valence electrons. The SMILES string of the molecule is COc1ccc2c(c1)C(=S)N(C)CC(CCCl)O2. The predicted molar refractivity (Wildman–Crippen MR) is 77.1 cm³/mol. The van der Waals surface area contributed by atoms with Gasteiger partial charge in [-0.15, -0.1) is 11.6 Å². The lowest BCUT2D eigenvalue weighted by Crippen LogP contribution is -2.33. The maximum absolute atomic E-state index is 5.97. The highest BCUT2D eigenvalue weighted by molar-refractivity contribution is 7.80. The Morgan fingerprint density at radius 2 is 2.33 bits per heavy atom. The van der Waals surface area contributed by atoms with E-state index in [1.54, 1.807) is 7.11 Å². The van der Waals surface area contributed by atoms with Gasteiger partial charge in [0.15, 0.2) is 0 Å². The fourth-order valence-corrected chi connectivity index (χ4v) is 2.47. The maximum atomic E-state index is 5.97. The van der Waals surface area contributed by atoms with Crippen molar-refractivity contribution in [3.05, 3.63) is 23.8 Å². The van der Waals surface area contributed by atoms with Gasteiger partial charge in [0.25, 0.3) is 0 Å². The molecule has 0 spiro atoms. The normalized spacial score (nSPS) is 18.9. The van der Waals surface area contributed by atoms with Crippen molar-refractivity contribution in [1.82, 2.24) is 4.90 Å². The Labute approximate surface area is 118 Å². The zero-order chi connectivity index (χ0) is 13.1. The van der Waals surface area contributed by atoms with Crippen molar-refractivity contribution in [1.29, 1.82) is 0 Å². The number of halogens is 1. The second kappa shape index (κ2) is 5.76. The van der Waals surface area contributed by atoms with Crippen LogP contribution in [0.4, 0.5) is 0 Å². The summed E-state index contributed by atoms with van der Waals surface area (Å²) in [7, 11) is 3.61. The van der Waals surface area contributed by atoms with Crippen molar-refractivity contribution in [2.45, 2.75) is 12.5 Å². The van der Waals surface area contributed by atoms with E-state index in [1.165, 1.54) is 0 Å². The lowest BCUT2D eigenvalue weighted by atomic mass is 10.2. The third-order valence-electron chi connectivity index (χ3n) is 2.97. The van der Waals surface area contributed by atoms with E-state index < -0.39 is 0 Å². The number of hydrogen-bond acceptors (Lipinski definition) is 3. The average Bonchev–Trinajstić information content (AvgIpc) is 2.48. The molecule has 0 aliphatic carbocycles. The van der Waals surface area contributed by atoms with E-state index in [-0.39, 0.29) is 6.10 Å². The number of likely N-dealkylation sites (N-methyl/N-ethyl adjacent to an activating group) is 1. The third kappa shape index (κ3) is 2.70. The summed E-state index contributed by atoms with van der Waals surface area (Å²) in [5, 5.41) is 0. The van der Waals surface area contributed by atoms with Crippen LogP contribution in [0.25, 0.3) is 0 Å². The van der Waals surface area contributed by atoms with Crippen LogP contribution in [-0.4, -0.2) is 42.6 Å². The first-order valence-electron chi connectivity index (χ1n) is 5.82. The molecule has 0 N–H and O–H groups in total. The van der Waals surface area contributed by atoms with Crippen LogP contribution in [0.2, 0.25) is 0 Å². The van der Waals surface area contributed by atoms with Crippen molar-refractivity contribution in [3.8, 4) is 11.5 Å². The molecule has 0 fully saturated rings. The van der Waals surface area contributed by atoms with Crippen molar-refractivity contribution in [2.24, 2.45) is 0 Å². The van der Waals surface area contributed by atoms with Gasteiger partial charge in [0, 0.05) is 12.9 Å². The number of fused-ring (bicyclic) bond motifs is 1. The summed E-state index contributed by atoms with van der Waals surface area (Å²) in [6.45, 7) is 0.753. The Morgan fingerprint density at radius 1 is 1.56 bits per heavy atom. The molecule has 0 saturated heterocycles. The lowest BCUT2D eigenvalue weighted by Gasteiger charge is -2.20. The van der Waals surface area contributed by atoms with Gasteiger partial charge in [-0.25, -0.2) is 0 Å². The van der Waals surface area contributed by atoms with Crippen LogP contribution in [0.1, 0.15) is 12.0 Å². The van der Waals surface area contributed by atoms with Crippen molar-refractivity contribution in [2.75, 3.05) is 26.6 Å². The lowest BCUT2D eigenvalue weighted by molar-refractivity contribution is 0.179. The number of benzene rings is 1. The largest absolute Gasteiger partial charge is 0.497 e. The number of thiocarbonyl (C=S) groups is 1. The molecule has 5 heteroatoms. The number of rotatable bonds is 3. The third-order valence-corrected chi connectivity index (χ3v) is 3.72. The van der Waals surface area contributed by atoms with Crippen LogP contribution >= 0.6 is 23.8 Å². The minimum absolute atomic E-state index is 0.0695. The fraction of sp³-hybridized carbons (Fsp3) is 0.462. The minimum atomic E-state index is 0.0695. The Balaban J connectivity index is 2.36. The summed E-state index contributed by atoms with van der Waals surface area (Å²) >= 11 is 11.3. The van der Waals surface area contributed by atoms with E-state index in [2.05, 4.69) is 0 Å². The molecule has 0 amide bonds. The van der Waals surface area contributed by atoms with Crippen LogP contribution < -0.4 is 9.47 Å². The molecule has 0 radical (unpaired) electrons. The highest BCUT2D eigenvalue weighted by Gasteiger charge is 2.24. The van der Waals surface area contributed by atoms with Gasteiger partial charge in [-0.1, -0.05) is 12.2 Å². The molecular formula is C13H16ClNO2S. The molecule has 1 heterocycles. The first kappa shape index (κ1) is 13.4. The van der Waals surface area contributed by atoms with Gasteiger partial charge >= 0.3 is 0 Å². The van der Waals surface area contributed by atoms with Gasteiger partial charge in [-0.2, -0.15) is 0 Å². The molecule has 1 unspecified atom stereocenters. The van der Waals surface area contributed by atoms with Gasteiger partial charge in [0.05, 0.1) is 19.2 Å². The topological polar surface area (TPSA) is 21.7 Å². The standard InChI is InChI=1S/C13H16ClNO2S/c1-15-8-10(5-6-14)17-12-4-3-9(16-2)7-11(12)13(15)18/h3-4,7,10H,5-6,8H2,1-2H3. The molecule has 18 heavy (non-hydrogen) atoms. The molecule has 0 bridgehead atoms. The van der Waals surface area contributed by atoms with Crippen LogP contribution in [0.5, 0.6) is 11.5 Å². The van der Waals surface area contributed by atoms with E-state index in [0.29, 0.717) is 5.88 Å². The fourth-order valence-electron chi connectivity index (χ4n) is 1.99. The summed E-state index contributed by atoms with van der Waals surface area (Å²) in [5.74, 6) is 2.17. The zero-order valence-corrected chi connectivity index (χ0v) is 12.1. The van der Waals surface area contributed by atoms with Crippen LogP contribution in [0, 0.1) is 0 Å². The monoisotopic (exact) mass is 285 g/mol. The van der Waals surface area contributed by atoms with E-state index in [4.69, 9.17) is 33.3 Å². The number of methoxy groups -OCH3 is 1. The minimum Gasteiger partial charge on any atom is -0.497 e. The molecule has 0 saturated carbocycles. The van der Waals surface area contributed by atoms with Crippen LogP contribution in [-0.2, 0) is 0 Å². The summed E-state index contributed by atoms with van der Waals surface area (Å²) < 4.78 is 11.2. The van der Waals surface area contributed by atoms with Crippen LogP contribution in [0.15, 0.2) is 18.2 Å². The van der Waals surface area contributed by atoms with E-state index in [0.717, 1.165) is 35.0 Å². The van der Waals surface area contributed by atoms with Crippen molar-refractivity contribution in [3.63, 3.8) is 0 Å². The molecule has 1 aliphatic heterocycles. The second-order valence-electron chi connectivity index (χ2n) is 4.27. The van der Waals surface area contributed by atoms with Gasteiger partial charge in [-0.05, 0) is 24.6 Å². The zero-order valence-electron chi connectivity index (χ0n) is 10.5. The van der Waals surface area contributed by atoms with Gasteiger partial charge < -0.3 is 14.4 Å². The molecule has 1 atom stereocenters. The van der Waals surface area contributed by atoms with E-state index in [1.807, 2.05) is 30.1 Å². The number of ether oxygens (including phenoxy) is 2. The van der Waals surface area contributed by atoms with Crippen LogP contribution in [0.3, 0.4) is 0 Å². The quantitative estimate of drug-likeness (QED) is 0.629. The average molecular weight is 286 g/mol. The second-order valence-corrected chi connectivity index (χ2v) is 5.03. The molecule has 0 aromatic heterocycles. The molecule has 2 rings (SSSR count). The maximum Gasteiger partial charge on any atom is 0.130 e. The first-order valence-corrected chi connectivity index (χ1v) is 6.76. The van der Waals surface area contributed by atoms with E-state index in [9.17, 15) is 0 Å². The van der Waals surface area contributed by atoms with Gasteiger partial charge in [-0.3, -0.25) is 0 Å². The smallest absolute Gasteiger partial charge is 0.130 e. The summed E-state index contributed by atoms with van der Waals surface area (Å²) in [6.07, 6.45) is 0.875. The van der Waals surface area contributed by atoms with Gasteiger partial charge in [0.1, 0.15) is 22.6 Å². The highest BCUT2D eigenvalue weighted by atomic mass is 35.5. The molecule has 1 aliphatic rings.